The summed E-state index contributed by atoms with van der Waals surface area (Å²) in [5.74, 6) is 1.94. The maximum Gasteiger partial charge on any atom is 0.193 e. The van der Waals surface area contributed by atoms with E-state index in [4.69, 9.17) is 4.74 Å². The molecule has 32 heavy (non-hydrogen) atoms. The summed E-state index contributed by atoms with van der Waals surface area (Å²) in [7, 11) is 0.324. The van der Waals surface area contributed by atoms with Crippen LogP contribution in [0.2, 0.25) is 0 Å². The second kappa shape index (κ2) is 12.9. The van der Waals surface area contributed by atoms with E-state index < -0.39 is 9.84 Å². The smallest absolute Gasteiger partial charge is 0.193 e. The van der Waals surface area contributed by atoms with Crippen LogP contribution in [0, 0.1) is 0 Å². The molecule has 176 valence electrons. The molecule has 2 aromatic carbocycles. The summed E-state index contributed by atoms with van der Waals surface area (Å²) < 4.78 is 29.9. The van der Waals surface area contributed by atoms with E-state index in [-0.39, 0.29) is 35.5 Å². The highest BCUT2D eigenvalue weighted by Crippen LogP contribution is 2.20. The number of hydrogen-bond acceptors (Lipinski definition) is 5. The molecule has 0 saturated carbocycles. The number of nitrogens with one attached hydrogen (secondary N) is 1. The molecule has 0 amide bonds. The first kappa shape index (κ1) is 26.2. The quantitative estimate of drug-likeness (QED) is 0.227. The number of benzene rings is 2. The van der Waals surface area contributed by atoms with Gasteiger partial charge >= 0.3 is 0 Å². The van der Waals surface area contributed by atoms with Gasteiger partial charge in [0.1, 0.15) is 5.75 Å². The number of ether oxygens (including phenoxy) is 1. The van der Waals surface area contributed by atoms with Gasteiger partial charge in [0, 0.05) is 45.5 Å². The van der Waals surface area contributed by atoms with Crippen LogP contribution in [-0.4, -0.2) is 71.9 Å². The standard InChI is InChI=1S/C23H32N4O3S.HI/c1-24-23(25-13-6-18-31(28,29)19-20-7-4-3-5-8-20)27-16-14-26(15-17-27)21-9-11-22(30-2)12-10-21;/h3-5,7-12H,6,13-19H2,1-2H3,(H,24,25);1H. The second-order valence-electron chi connectivity index (χ2n) is 7.58. The Balaban J connectivity index is 0.00000363. The number of piperazine rings is 1. The van der Waals surface area contributed by atoms with Crippen LogP contribution in [-0.2, 0) is 15.6 Å². The van der Waals surface area contributed by atoms with Crippen molar-refractivity contribution < 1.29 is 13.2 Å². The lowest BCUT2D eigenvalue weighted by atomic mass is 10.2. The molecule has 0 aliphatic carbocycles. The Morgan fingerprint density at radius 3 is 2.28 bits per heavy atom. The van der Waals surface area contributed by atoms with Crippen LogP contribution in [0.3, 0.4) is 0 Å². The highest BCUT2D eigenvalue weighted by molar-refractivity contribution is 14.0. The second-order valence-corrected chi connectivity index (χ2v) is 9.76. The summed E-state index contributed by atoms with van der Waals surface area (Å²) >= 11 is 0. The molecule has 3 rings (SSSR count). The monoisotopic (exact) mass is 572 g/mol. The Labute approximate surface area is 208 Å². The SMILES string of the molecule is CN=C(NCCCS(=O)(=O)Cc1ccccc1)N1CCN(c2ccc(OC)cc2)CC1.I. The number of hydrogen-bond donors (Lipinski definition) is 1. The molecule has 1 saturated heterocycles. The summed E-state index contributed by atoms with van der Waals surface area (Å²) in [6.07, 6.45) is 0.556. The summed E-state index contributed by atoms with van der Waals surface area (Å²) in [6, 6.07) is 17.4. The number of rotatable bonds is 8. The Morgan fingerprint density at radius 2 is 1.69 bits per heavy atom. The topological polar surface area (TPSA) is 74.2 Å². The van der Waals surface area contributed by atoms with E-state index in [1.54, 1.807) is 14.2 Å². The average Bonchev–Trinajstić information content (AvgIpc) is 2.80. The number of anilines is 1. The first-order valence-electron chi connectivity index (χ1n) is 10.6. The third-order valence-corrected chi connectivity index (χ3v) is 7.06. The molecule has 0 unspecified atom stereocenters. The molecule has 1 heterocycles. The maximum absolute atomic E-state index is 12.3. The Bertz CT molecular complexity index is 945. The molecule has 0 spiro atoms. The average molecular weight is 573 g/mol. The van der Waals surface area contributed by atoms with E-state index in [0.717, 1.165) is 43.5 Å². The minimum absolute atomic E-state index is 0. The van der Waals surface area contributed by atoms with Crippen molar-refractivity contribution in [1.29, 1.82) is 0 Å². The van der Waals surface area contributed by atoms with Crippen LogP contribution in [0.1, 0.15) is 12.0 Å². The van der Waals surface area contributed by atoms with Gasteiger partial charge in [-0.2, -0.15) is 0 Å². The van der Waals surface area contributed by atoms with Crippen molar-refractivity contribution in [3.05, 3.63) is 60.2 Å². The van der Waals surface area contributed by atoms with E-state index in [9.17, 15) is 8.42 Å². The highest BCUT2D eigenvalue weighted by atomic mass is 127. The van der Waals surface area contributed by atoms with Crippen LogP contribution in [0.15, 0.2) is 59.6 Å². The van der Waals surface area contributed by atoms with Gasteiger partial charge in [-0.05, 0) is 36.2 Å². The highest BCUT2D eigenvalue weighted by Gasteiger charge is 2.20. The largest absolute Gasteiger partial charge is 0.497 e. The van der Waals surface area contributed by atoms with Crippen LogP contribution >= 0.6 is 24.0 Å². The lowest BCUT2D eigenvalue weighted by molar-refractivity contribution is 0.372. The predicted octanol–water partition coefficient (Wildman–Crippen LogP) is 3.02. The number of sulfone groups is 1. The third kappa shape index (κ3) is 7.84. The van der Waals surface area contributed by atoms with Crippen molar-refractivity contribution in [2.24, 2.45) is 4.99 Å². The zero-order valence-electron chi connectivity index (χ0n) is 18.7. The summed E-state index contributed by atoms with van der Waals surface area (Å²) in [5.41, 5.74) is 2.02. The van der Waals surface area contributed by atoms with Gasteiger partial charge in [-0.3, -0.25) is 4.99 Å². The molecule has 2 aromatic rings. The predicted molar refractivity (Wildman–Crippen MR) is 142 cm³/mol. The lowest BCUT2D eigenvalue weighted by Crippen LogP contribution is -2.52. The first-order chi connectivity index (χ1) is 15.0. The van der Waals surface area contributed by atoms with Gasteiger partial charge in [-0.1, -0.05) is 30.3 Å². The maximum atomic E-state index is 12.3. The molecular formula is C23H33IN4O3S. The zero-order chi connectivity index (χ0) is 22.1. The molecule has 0 bridgehead atoms. The summed E-state index contributed by atoms with van der Waals surface area (Å²) in [4.78, 5) is 8.95. The van der Waals surface area contributed by atoms with Gasteiger partial charge < -0.3 is 19.9 Å². The molecular weight excluding hydrogens is 539 g/mol. The van der Waals surface area contributed by atoms with Crippen molar-refractivity contribution in [2.75, 3.05) is 57.5 Å². The number of aliphatic imine (C=N–C) groups is 1. The number of halogens is 1. The van der Waals surface area contributed by atoms with Crippen molar-refractivity contribution in [2.45, 2.75) is 12.2 Å². The fraction of sp³-hybridized carbons (Fsp3) is 0.435. The number of nitrogens with zero attached hydrogens (tertiary/aromatic N) is 3. The van der Waals surface area contributed by atoms with E-state index in [0.29, 0.717) is 13.0 Å². The number of methoxy groups -OCH3 is 1. The summed E-state index contributed by atoms with van der Waals surface area (Å²) in [5, 5.41) is 3.32. The van der Waals surface area contributed by atoms with Gasteiger partial charge in [0.2, 0.25) is 0 Å². The molecule has 1 aliphatic heterocycles. The van der Waals surface area contributed by atoms with E-state index in [1.165, 1.54) is 5.69 Å². The minimum Gasteiger partial charge on any atom is -0.497 e. The fourth-order valence-corrected chi connectivity index (χ4v) is 5.12. The van der Waals surface area contributed by atoms with E-state index in [1.807, 2.05) is 42.5 Å². The Morgan fingerprint density at radius 1 is 1.03 bits per heavy atom. The molecule has 0 radical (unpaired) electrons. The first-order valence-corrected chi connectivity index (χ1v) is 12.4. The van der Waals surface area contributed by atoms with Gasteiger partial charge in [0.15, 0.2) is 15.8 Å². The minimum atomic E-state index is -3.12. The van der Waals surface area contributed by atoms with Gasteiger partial charge in [0.25, 0.3) is 0 Å². The fourth-order valence-electron chi connectivity index (χ4n) is 3.69. The molecule has 0 aromatic heterocycles. The molecule has 9 heteroatoms. The van der Waals surface area contributed by atoms with Crippen molar-refractivity contribution in [3.8, 4) is 5.75 Å². The Kier molecular flexibility index (Phi) is 10.6. The molecule has 1 N–H and O–H groups in total. The van der Waals surface area contributed by atoms with Crippen molar-refractivity contribution in [1.82, 2.24) is 10.2 Å². The third-order valence-electron chi connectivity index (χ3n) is 5.37. The molecule has 0 atom stereocenters. The summed E-state index contributed by atoms with van der Waals surface area (Å²) in [6.45, 7) is 4.10. The normalized spacial score (nSPS) is 14.6. The zero-order valence-corrected chi connectivity index (χ0v) is 21.9. The van der Waals surface area contributed by atoms with Crippen LogP contribution in [0.25, 0.3) is 0 Å². The molecule has 1 fully saturated rings. The van der Waals surface area contributed by atoms with Gasteiger partial charge in [0.05, 0.1) is 18.6 Å². The molecule has 1 aliphatic rings. The lowest BCUT2D eigenvalue weighted by Gasteiger charge is -2.37. The van der Waals surface area contributed by atoms with Crippen LogP contribution in [0.4, 0.5) is 5.69 Å². The van der Waals surface area contributed by atoms with Crippen molar-refractivity contribution in [3.63, 3.8) is 0 Å². The van der Waals surface area contributed by atoms with E-state index in [2.05, 4.69) is 32.2 Å². The van der Waals surface area contributed by atoms with Crippen LogP contribution in [0.5, 0.6) is 5.75 Å². The van der Waals surface area contributed by atoms with Gasteiger partial charge in [-0.25, -0.2) is 8.42 Å². The van der Waals surface area contributed by atoms with Crippen LogP contribution < -0.4 is 15.0 Å². The Hall–Kier alpha value is -2.01. The van der Waals surface area contributed by atoms with Crippen molar-refractivity contribution >= 4 is 45.5 Å². The number of guanidine groups is 1. The van der Waals surface area contributed by atoms with Gasteiger partial charge in [-0.15, -0.1) is 24.0 Å². The molecule has 7 nitrogen and oxygen atoms in total. The van der Waals surface area contributed by atoms with E-state index >= 15 is 0 Å².